The van der Waals surface area contributed by atoms with Crippen LogP contribution in [0.3, 0.4) is 0 Å². The second-order valence-corrected chi connectivity index (χ2v) is 9.81. The number of rotatable bonds is 5. The number of piperidine rings is 1. The van der Waals surface area contributed by atoms with Gasteiger partial charge in [-0.25, -0.2) is 14.8 Å². The van der Waals surface area contributed by atoms with Gasteiger partial charge >= 0.3 is 6.03 Å². The van der Waals surface area contributed by atoms with Gasteiger partial charge in [0.2, 0.25) is 5.58 Å². The molecule has 2 N–H and O–H groups in total. The lowest BCUT2D eigenvalue weighted by Gasteiger charge is -2.31. The quantitative estimate of drug-likeness (QED) is 0.389. The summed E-state index contributed by atoms with van der Waals surface area (Å²) in [5.74, 6) is 1.33. The Balaban J connectivity index is 1.30. The first kappa shape index (κ1) is 25.7. The van der Waals surface area contributed by atoms with Gasteiger partial charge in [-0.2, -0.15) is 0 Å². The van der Waals surface area contributed by atoms with Gasteiger partial charge in [0, 0.05) is 62.8 Å². The number of hydrogen-bond acceptors (Lipinski definition) is 9. The number of carbonyl (C=O) groups is 2. The van der Waals surface area contributed by atoms with Crippen molar-refractivity contribution in [3.8, 4) is 11.4 Å². The highest BCUT2D eigenvalue weighted by atomic mass is 16.5. The molecule has 0 unspecified atom stereocenters. The van der Waals surface area contributed by atoms with Crippen LogP contribution in [0.25, 0.3) is 22.5 Å². The maximum Gasteiger partial charge on any atom is 0.318 e. The smallest absolute Gasteiger partial charge is 0.318 e. The first-order valence-corrected chi connectivity index (χ1v) is 13.4. The molecular formula is C28H30N8O4. The standard InChI is InChI=1S/C28H30N8O4/c1-29-28(38)31-21-6-4-19(5-7-21)25-32-23-22(34-40-24(23)26(33-25)35-13-15-39-16-14-35)18-8-11-36(12-9-18)27(37)20-3-2-10-30-17-20/h2-7,10,17-18H,8-9,11-16H2,1H3,(H2,29,31,38). The third-order valence-electron chi connectivity index (χ3n) is 7.34. The van der Waals surface area contributed by atoms with Crippen molar-refractivity contribution in [2.24, 2.45) is 0 Å². The van der Waals surface area contributed by atoms with Crippen LogP contribution in [0.1, 0.15) is 34.8 Å². The number of urea groups is 1. The number of carbonyl (C=O) groups excluding carboxylic acids is 2. The molecule has 0 spiro atoms. The van der Waals surface area contributed by atoms with Gasteiger partial charge in [0.25, 0.3) is 5.91 Å². The van der Waals surface area contributed by atoms with Crippen LogP contribution < -0.4 is 15.5 Å². The number of aromatic nitrogens is 4. The zero-order valence-corrected chi connectivity index (χ0v) is 22.2. The normalized spacial score (nSPS) is 16.2. The number of anilines is 2. The van der Waals surface area contributed by atoms with Crippen LogP contribution in [0, 0.1) is 0 Å². The van der Waals surface area contributed by atoms with Gasteiger partial charge in [-0.15, -0.1) is 0 Å². The Morgan fingerprint density at radius 2 is 1.77 bits per heavy atom. The van der Waals surface area contributed by atoms with Gasteiger partial charge in [-0.1, -0.05) is 5.16 Å². The first-order valence-electron chi connectivity index (χ1n) is 13.4. The molecule has 0 bridgehead atoms. The van der Waals surface area contributed by atoms with E-state index in [0.717, 1.165) is 24.1 Å². The Kier molecular flexibility index (Phi) is 7.23. The number of nitrogens with zero attached hydrogens (tertiary/aromatic N) is 6. The lowest BCUT2D eigenvalue weighted by Crippen LogP contribution is -2.38. The van der Waals surface area contributed by atoms with E-state index in [1.54, 1.807) is 31.6 Å². The van der Waals surface area contributed by atoms with E-state index in [2.05, 4.69) is 25.7 Å². The predicted octanol–water partition coefficient (Wildman–Crippen LogP) is 3.29. The fourth-order valence-corrected chi connectivity index (χ4v) is 5.14. The minimum Gasteiger partial charge on any atom is -0.378 e. The molecular weight excluding hydrogens is 512 g/mol. The molecule has 2 fully saturated rings. The molecule has 206 valence electrons. The average Bonchev–Trinajstić information content (AvgIpc) is 3.45. The van der Waals surface area contributed by atoms with E-state index in [0.29, 0.717) is 73.4 Å². The van der Waals surface area contributed by atoms with Crippen molar-refractivity contribution < 1.29 is 18.8 Å². The first-order chi connectivity index (χ1) is 19.6. The second kappa shape index (κ2) is 11.3. The van der Waals surface area contributed by atoms with Gasteiger partial charge in [-0.3, -0.25) is 9.78 Å². The summed E-state index contributed by atoms with van der Waals surface area (Å²) in [6.45, 7) is 3.80. The Hall–Kier alpha value is -4.58. The number of likely N-dealkylation sites (tertiary alicyclic amines) is 1. The topological polar surface area (TPSA) is 139 Å². The summed E-state index contributed by atoms with van der Waals surface area (Å²) < 4.78 is 11.5. The molecule has 0 saturated carbocycles. The molecule has 40 heavy (non-hydrogen) atoms. The Bertz CT molecular complexity index is 1490. The molecule has 5 heterocycles. The number of nitrogens with one attached hydrogen (secondary N) is 2. The highest BCUT2D eigenvalue weighted by Crippen LogP contribution is 2.36. The predicted molar refractivity (Wildman–Crippen MR) is 148 cm³/mol. The molecule has 1 aromatic carbocycles. The number of hydrogen-bond donors (Lipinski definition) is 2. The third kappa shape index (κ3) is 5.17. The molecule has 0 atom stereocenters. The third-order valence-corrected chi connectivity index (χ3v) is 7.34. The van der Waals surface area contributed by atoms with Crippen LogP contribution >= 0.6 is 0 Å². The van der Waals surface area contributed by atoms with Gasteiger partial charge < -0.3 is 29.7 Å². The van der Waals surface area contributed by atoms with E-state index in [9.17, 15) is 9.59 Å². The maximum atomic E-state index is 12.9. The number of amides is 3. The van der Waals surface area contributed by atoms with E-state index in [4.69, 9.17) is 19.2 Å². The molecule has 3 amide bonds. The Labute approximate surface area is 230 Å². The number of morpholine rings is 1. The Morgan fingerprint density at radius 3 is 2.48 bits per heavy atom. The number of fused-ring (bicyclic) bond motifs is 1. The summed E-state index contributed by atoms with van der Waals surface area (Å²) in [5, 5.41) is 9.80. The zero-order valence-electron chi connectivity index (χ0n) is 22.2. The lowest BCUT2D eigenvalue weighted by molar-refractivity contribution is 0.0711. The Morgan fingerprint density at radius 1 is 1.00 bits per heavy atom. The molecule has 0 radical (unpaired) electrons. The molecule has 12 heteroatoms. The molecule has 2 aliphatic heterocycles. The maximum absolute atomic E-state index is 12.9. The van der Waals surface area contributed by atoms with Gasteiger partial charge in [-0.05, 0) is 49.2 Å². The molecule has 12 nitrogen and oxygen atoms in total. The molecule has 2 aliphatic rings. The molecule has 2 saturated heterocycles. The number of benzene rings is 1. The van der Waals surface area contributed by atoms with Crippen LogP contribution in [0.4, 0.5) is 16.3 Å². The van der Waals surface area contributed by atoms with Crippen molar-refractivity contribution in [2.75, 3.05) is 56.7 Å². The van der Waals surface area contributed by atoms with Crippen LogP contribution in [0.5, 0.6) is 0 Å². The van der Waals surface area contributed by atoms with Crippen LogP contribution in [-0.4, -0.2) is 83.4 Å². The summed E-state index contributed by atoms with van der Waals surface area (Å²) in [6.07, 6.45) is 4.77. The molecule has 6 rings (SSSR count). The zero-order chi connectivity index (χ0) is 27.5. The van der Waals surface area contributed by atoms with E-state index in [1.165, 1.54) is 0 Å². The number of ether oxygens (including phenoxy) is 1. The minimum absolute atomic E-state index is 0.00914. The highest BCUT2D eigenvalue weighted by Gasteiger charge is 2.31. The van der Waals surface area contributed by atoms with Crippen molar-refractivity contribution >= 4 is 34.5 Å². The fraction of sp³-hybridized carbons (Fsp3) is 0.357. The lowest BCUT2D eigenvalue weighted by atomic mass is 9.92. The summed E-state index contributed by atoms with van der Waals surface area (Å²) >= 11 is 0. The largest absolute Gasteiger partial charge is 0.378 e. The highest BCUT2D eigenvalue weighted by molar-refractivity contribution is 5.94. The molecule has 4 aromatic rings. The van der Waals surface area contributed by atoms with Crippen molar-refractivity contribution in [3.63, 3.8) is 0 Å². The fourth-order valence-electron chi connectivity index (χ4n) is 5.14. The SMILES string of the molecule is CNC(=O)Nc1ccc(-c2nc(N3CCOCC3)c3onc(C4CCN(C(=O)c5cccnc5)CC4)c3n2)cc1. The van der Waals surface area contributed by atoms with Crippen molar-refractivity contribution in [1.29, 1.82) is 0 Å². The van der Waals surface area contributed by atoms with Crippen LogP contribution in [0.2, 0.25) is 0 Å². The van der Waals surface area contributed by atoms with Crippen LogP contribution in [-0.2, 0) is 4.74 Å². The van der Waals surface area contributed by atoms with Crippen molar-refractivity contribution in [2.45, 2.75) is 18.8 Å². The monoisotopic (exact) mass is 542 g/mol. The van der Waals surface area contributed by atoms with Gasteiger partial charge in [0.15, 0.2) is 11.6 Å². The van der Waals surface area contributed by atoms with Crippen molar-refractivity contribution in [3.05, 3.63) is 60.0 Å². The summed E-state index contributed by atoms with van der Waals surface area (Å²) in [7, 11) is 1.57. The van der Waals surface area contributed by atoms with Gasteiger partial charge in [0.1, 0.15) is 11.2 Å². The van der Waals surface area contributed by atoms with Gasteiger partial charge in [0.05, 0.1) is 18.8 Å². The van der Waals surface area contributed by atoms with E-state index >= 15 is 0 Å². The molecule has 0 aliphatic carbocycles. The number of pyridine rings is 1. The van der Waals surface area contributed by atoms with E-state index in [-0.39, 0.29) is 17.9 Å². The van der Waals surface area contributed by atoms with Crippen LogP contribution in [0.15, 0.2) is 53.3 Å². The summed E-state index contributed by atoms with van der Waals surface area (Å²) in [6, 6.07) is 10.7. The average molecular weight is 543 g/mol. The summed E-state index contributed by atoms with van der Waals surface area (Å²) in [5.41, 5.74) is 4.11. The molecule has 3 aromatic heterocycles. The summed E-state index contributed by atoms with van der Waals surface area (Å²) in [4.78, 5) is 42.5. The minimum atomic E-state index is -0.290. The van der Waals surface area contributed by atoms with Crippen molar-refractivity contribution in [1.82, 2.24) is 30.3 Å². The van der Waals surface area contributed by atoms with E-state index in [1.807, 2.05) is 29.2 Å². The second-order valence-electron chi connectivity index (χ2n) is 9.81. The van der Waals surface area contributed by atoms with E-state index < -0.39 is 0 Å².